The predicted octanol–water partition coefficient (Wildman–Crippen LogP) is 3.23. The number of nitrogens with one attached hydrogen (secondary N) is 1. The van der Waals surface area contributed by atoms with Crippen LogP contribution in [-0.4, -0.2) is 12.5 Å². The first kappa shape index (κ1) is 14.3. The first-order valence-corrected chi connectivity index (χ1v) is 6.18. The zero-order valence-corrected chi connectivity index (χ0v) is 11.4. The minimum absolute atomic E-state index is 0.0842. The average molecular weight is 275 g/mol. The lowest BCUT2D eigenvalue weighted by Gasteiger charge is -2.13. The van der Waals surface area contributed by atoms with E-state index in [4.69, 9.17) is 28.9 Å². The normalized spacial score (nSPS) is 12.3. The van der Waals surface area contributed by atoms with Gasteiger partial charge in [0.05, 0.1) is 10.7 Å². The van der Waals surface area contributed by atoms with Gasteiger partial charge in [-0.05, 0) is 37.6 Å². The highest BCUT2D eigenvalue weighted by Gasteiger charge is 2.14. The molecule has 0 aliphatic rings. The number of hydrogen-bond acceptors (Lipinski definition) is 2. The fourth-order valence-electron chi connectivity index (χ4n) is 1.40. The van der Waals surface area contributed by atoms with Crippen LogP contribution in [-0.2, 0) is 4.79 Å². The molecule has 1 rings (SSSR count). The van der Waals surface area contributed by atoms with Gasteiger partial charge in [-0.25, -0.2) is 0 Å². The lowest BCUT2D eigenvalue weighted by molar-refractivity contribution is -0.119. The first-order chi connectivity index (χ1) is 7.97. The molecule has 0 aromatic heterocycles. The van der Waals surface area contributed by atoms with E-state index in [9.17, 15) is 4.79 Å². The minimum Gasteiger partial charge on any atom is -0.330 e. The van der Waals surface area contributed by atoms with Crippen molar-refractivity contribution in [1.29, 1.82) is 0 Å². The third-order valence-corrected chi connectivity index (χ3v) is 3.52. The molecule has 1 atom stereocenters. The van der Waals surface area contributed by atoms with E-state index in [1.54, 1.807) is 12.1 Å². The quantitative estimate of drug-likeness (QED) is 0.886. The topological polar surface area (TPSA) is 55.1 Å². The Labute approximate surface area is 111 Å². The maximum atomic E-state index is 11.8. The van der Waals surface area contributed by atoms with Crippen molar-refractivity contribution in [3.63, 3.8) is 0 Å². The monoisotopic (exact) mass is 274 g/mol. The summed E-state index contributed by atoms with van der Waals surface area (Å²) in [4.78, 5) is 11.8. The Morgan fingerprint density at radius 2 is 2.12 bits per heavy atom. The molecule has 0 unspecified atom stereocenters. The predicted molar refractivity (Wildman–Crippen MR) is 72.7 cm³/mol. The molecule has 3 nitrogen and oxygen atoms in total. The maximum Gasteiger partial charge on any atom is 0.227 e. The Morgan fingerprint density at radius 1 is 1.47 bits per heavy atom. The summed E-state index contributed by atoms with van der Waals surface area (Å²) in [5.41, 5.74) is 6.76. The van der Waals surface area contributed by atoms with E-state index in [2.05, 4.69) is 5.32 Å². The van der Waals surface area contributed by atoms with Crippen LogP contribution in [0, 0.1) is 12.8 Å². The summed E-state index contributed by atoms with van der Waals surface area (Å²) < 4.78 is 0. The van der Waals surface area contributed by atoms with Crippen molar-refractivity contribution in [1.82, 2.24) is 0 Å². The van der Waals surface area contributed by atoms with Crippen molar-refractivity contribution in [2.45, 2.75) is 20.3 Å². The third kappa shape index (κ3) is 3.60. The highest BCUT2D eigenvalue weighted by molar-refractivity contribution is 6.38. The number of benzene rings is 1. The van der Waals surface area contributed by atoms with Gasteiger partial charge in [-0.1, -0.05) is 30.1 Å². The summed E-state index contributed by atoms with van der Waals surface area (Å²) in [5, 5.41) is 3.84. The summed E-state index contributed by atoms with van der Waals surface area (Å²) >= 11 is 12.0. The number of hydrogen-bond donors (Lipinski definition) is 2. The summed E-state index contributed by atoms with van der Waals surface area (Å²) in [5.74, 6) is -0.217. The maximum absolute atomic E-state index is 11.8. The highest BCUT2D eigenvalue weighted by Crippen LogP contribution is 2.31. The van der Waals surface area contributed by atoms with Gasteiger partial charge < -0.3 is 11.1 Å². The first-order valence-electron chi connectivity index (χ1n) is 5.43. The molecule has 0 spiro atoms. The molecular weight excluding hydrogens is 259 g/mol. The molecule has 17 heavy (non-hydrogen) atoms. The molecule has 0 aliphatic carbocycles. The van der Waals surface area contributed by atoms with Gasteiger partial charge in [0.2, 0.25) is 5.91 Å². The Morgan fingerprint density at radius 3 is 2.71 bits per heavy atom. The molecule has 0 saturated heterocycles. The Kier molecular flexibility index (Phi) is 5.25. The van der Waals surface area contributed by atoms with Crippen molar-refractivity contribution < 1.29 is 4.79 Å². The van der Waals surface area contributed by atoms with Crippen molar-refractivity contribution in [2.75, 3.05) is 11.9 Å². The van der Waals surface area contributed by atoms with Gasteiger partial charge in [0.25, 0.3) is 0 Å². The fourth-order valence-corrected chi connectivity index (χ4v) is 1.81. The van der Waals surface area contributed by atoms with E-state index < -0.39 is 0 Å². The van der Waals surface area contributed by atoms with Crippen LogP contribution in [0.25, 0.3) is 0 Å². The van der Waals surface area contributed by atoms with Crippen LogP contribution < -0.4 is 11.1 Å². The average Bonchev–Trinajstić information content (AvgIpc) is 2.30. The molecule has 3 N–H and O–H groups in total. The Bertz CT molecular complexity index is 421. The van der Waals surface area contributed by atoms with E-state index in [0.717, 1.165) is 5.56 Å². The van der Waals surface area contributed by atoms with E-state index in [0.29, 0.717) is 28.7 Å². The zero-order chi connectivity index (χ0) is 13.0. The van der Waals surface area contributed by atoms with Crippen LogP contribution in [0.4, 0.5) is 5.69 Å². The number of amides is 1. The molecule has 1 aromatic carbocycles. The Hall–Kier alpha value is -0.770. The molecule has 0 bridgehead atoms. The van der Waals surface area contributed by atoms with Crippen LogP contribution in [0.1, 0.15) is 18.9 Å². The number of carbonyl (C=O) groups is 1. The standard InChI is InChI=1S/C12H16Cl2N2O/c1-7(5-6-15)12(17)16-10-4-3-9(13)8(2)11(10)14/h3-4,7H,5-6,15H2,1-2H3,(H,16,17)/t7-/m0/s1. The number of carbonyl (C=O) groups excluding carboxylic acids is 1. The van der Waals surface area contributed by atoms with Gasteiger partial charge in [0.15, 0.2) is 0 Å². The van der Waals surface area contributed by atoms with Crippen LogP contribution in [0.5, 0.6) is 0 Å². The van der Waals surface area contributed by atoms with E-state index in [1.807, 2.05) is 13.8 Å². The second-order valence-corrected chi connectivity index (χ2v) is 4.79. The number of halogens is 2. The molecule has 0 aliphatic heterocycles. The summed E-state index contributed by atoms with van der Waals surface area (Å²) in [7, 11) is 0. The lowest BCUT2D eigenvalue weighted by atomic mass is 10.1. The minimum atomic E-state index is -0.132. The lowest BCUT2D eigenvalue weighted by Crippen LogP contribution is -2.22. The van der Waals surface area contributed by atoms with Crippen molar-refractivity contribution >= 4 is 34.8 Å². The second-order valence-electron chi connectivity index (χ2n) is 4.00. The van der Waals surface area contributed by atoms with Gasteiger partial charge >= 0.3 is 0 Å². The molecule has 1 aromatic rings. The van der Waals surface area contributed by atoms with Crippen LogP contribution in [0.3, 0.4) is 0 Å². The molecule has 0 fully saturated rings. The largest absolute Gasteiger partial charge is 0.330 e. The van der Waals surface area contributed by atoms with Gasteiger partial charge in [-0.3, -0.25) is 4.79 Å². The van der Waals surface area contributed by atoms with Crippen LogP contribution in [0.2, 0.25) is 10.0 Å². The Balaban J connectivity index is 2.82. The summed E-state index contributed by atoms with van der Waals surface area (Å²) in [6.45, 7) is 4.13. The fraction of sp³-hybridized carbons (Fsp3) is 0.417. The number of rotatable bonds is 4. The number of nitrogens with two attached hydrogens (primary N) is 1. The zero-order valence-electron chi connectivity index (χ0n) is 9.89. The van der Waals surface area contributed by atoms with Gasteiger partial charge in [-0.2, -0.15) is 0 Å². The molecular formula is C12H16Cl2N2O. The van der Waals surface area contributed by atoms with Gasteiger partial charge in [0, 0.05) is 10.9 Å². The summed E-state index contributed by atoms with van der Waals surface area (Å²) in [6.07, 6.45) is 0.649. The highest BCUT2D eigenvalue weighted by atomic mass is 35.5. The third-order valence-electron chi connectivity index (χ3n) is 2.63. The van der Waals surface area contributed by atoms with Crippen molar-refractivity contribution in [3.05, 3.63) is 27.7 Å². The van der Waals surface area contributed by atoms with Crippen LogP contribution >= 0.6 is 23.2 Å². The second kappa shape index (κ2) is 6.24. The van der Waals surface area contributed by atoms with E-state index in [-0.39, 0.29) is 11.8 Å². The molecule has 5 heteroatoms. The van der Waals surface area contributed by atoms with Gasteiger partial charge in [0.1, 0.15) is 0 Å². The van der Waals surface area contributed by atoms with E-state index >= 15 is 0 Å². The summed E-state index contributed by atoms with van der Waals surface area (Å²) in [6, 6.07) is 3.41. The molecule has 0 saturated carbocycles. The van der Waals surface area contributed by atoms with Crippen molar-refractivity contribution in [3.8, 4) is 0 Å². The van der Waals surface area contributed by atoms with Crippen molar-refractivity contribution in [2.24, 2.45) is 11.7 Å². The number of anilines is 1. The van der Waals surface area contributed by atoms with E-state index in [1.165, 1.54) is 0 Å². The van der Waals surface area contributed by atoms with Gasteiger partial charge in [-0.15, -0.1) is 0 Å². The van der Waals surface area contributed by atoms with Crippen LogP contribution in [0.15, 0.2) is 12.1 Å². The molecule has 0 heterocycles. The molecule has 1 amide bonds. The SMILES string of the molecule is Cc1c(Cl)ccc(NC(=O)[C@@H](C)CCN)c1Cl. The molecule has 94 valence electrons. The smallest absolute Gasteiger partial charge is 0.227 e. The molecule has 0 radical (unpaired) electrons.